The summed E-state index contributed by atoms with van der Waals surface area (Å²) < 4.78 is 33.7. The molecule has 0 fully saturated rings. The maximum Gasteiger partial charge on any atom is 1.00 e. The molecule has 2 heterocycles. The number of carboxylic acids is 1. The van der Waals surface area contributed by atoms with E-state index in [0.717, 1.165) is 5.56 Å². The summed E-state index contributed by atoms with van der Waals surface area (Å²) in [6, 6.07) is 21.5. The zero-order valence-electron chi connectivity index (χ0n) is 27.5. The van der Waals surface area contributed by atoms with Crippen LogP contribution in [0.1, 0.15) is 28.0 Å². The fraction of sp³-hybridized carbons (Fsp3) is 0.0312. The average molecular weight is 833 g/mol. The number of nitrogens with two attached hydrogens (primary N) is 2. The van der Waals surface area contributed by atoms with Crippen molar-refractivity contribution < 1.29 is 147 Å². The van der Waals surface area contributed by atoms with Crippen molar-refractivity contribution in [1.82, 2.24) is 9.97 Å². The van der Waals surface area contributed by atoms with Gasteiger partial charge in [-0.05, 0) is 29.8 Å². The van der Waals surface area contributed by atoms with Gasteiger partial charge in [0.2, 0.25) is 0 Å². The van der Waals surface area contributed by atoms with Crippen molar-refractivity contribution in [3.8, 4) is 22.5 Å². The Morgan fingerprint density at radius 2 is 1.16 bits per heavy atom. The number of carboxylic acid groups (broad SMARTS) is 1. The van der Waals surface area contributed by atoms with E-state index >= 15 is 0 Å². The van der Waals surface area contributed by atoms with E-state index < -0.39 is 40.0 Å². The molecule has 3 aromatic carbocycles. The first kappa shape index (κ1) is 47.2. The maximum absolute atomic E-state index is 14.5. The predicted octanol–water partition coefficient (Wildman–Crippen LogP) is 1.16. The van der Waals surface area contributed by atoms with Gasteiger partial charge in [0, 0.05) is 21.2 Å². The van der Waals surface area contributed by atoms with Crippen molar-refractivity contribution in [2.24, 2.45) is 0 Å². The first-order valence-electron chi connectivity index (χ1n) is 13.3. The summed E-state index contributed by atoms with van der Waals surface area (Å²) in [4.78, 5) is 42.3. The molecule has 0 atom stereocenters. The fourth-order valence-electron chi connectivity index (χ4n) is 3.79. The molecule has 0 saturated heterocycles. The molecule has 0 radical (unpaired) electrons. The van der Waals surface area contributed by atoms with Crippen LogP contribution in [0.15, 0.2) is 78.9 Å². The van der Waals surface area contributed by atoms with E-state index in [1.54, 1.807) is 36.4 Å². The Kier molecular flexibility index (Phi) is 21.4. The van der Waals surface area contributed by atoms with E-state index in [0.29, 0.717) is 21.2 Å². The number of anilines is 2. The van der Waals surface area contributed by atoms with E-state index in [-0.39, 0.29) is 145 Å². The third-order valence-electron chi connectivity index (χ3n) is 6.11. The van der Waals surface area contributed by atoms with Crippen LogP contribution in [0.25, 0.3) is 22.5 Å². The van der Waals surface area contributed by atoms with Gasteiger partial charge in [0.05, 0.1) is 21.4 Å². The molecule has 0 spiro atoms. The van der Waals surface area contributed by atoms with Gasteiger partial charge in [-0.3, -0.25) is 4.79 Å². The molecule has 5 N–H and O–H groups in total. The van der Waals surface area contributed by atoms with Crippen molar-refractivity contribution in [1.29, 1.82) is 0 Å². The number of pyridine rings is 2. The van der Waals surface area contributed by atoms with Crippen molar-refractivity contribution in [2.75, 3.05) is 11.5 Å². The van der Waals surface area contributed by atoms with Gasteiger partial charge < -0.3 is 32.9 Å². The molecular weight excluding hydrogens is 810 g/mol. The Morgan fingerprint density at radius 3 is 1.55 bits per heavy atom. The molecular formula is C32H22Cl4F2K2N4O7. The van der Waals surface area contributed by atoms with Crippen LogP contribution in [0.4, 0.5) is 20.2 Å². The Bertz CT molecular complexity index is 1970. The van der Waals surface area contributed by atoms with Crippen LogP contribution in [0.3, 0.4) is 0 Å². The van der Waals surface area contributed by atoms with Gasteiger partial charge in [-0.2, -0.15) is 0 Å². The minimum Gasteiger partial charge on any atom is -1.00 e. The van der Waals surface area contributed by atoms with E-state index in [1.807, 2.05) is 18.2 Å². The molecule has 19 heteroatoms. The summed E-state index contributed by atoms with van der Waals surface area (Å²) in [5, 5.41) is 17.6. The molecule has 0 aliphatic heterocycles. The SMILES string of the molecule is Nc1c(F)c(-c2ccc(Cl)cc2)nc(C(=O)O)c1Cl.Nc1c(F)c(-c2ccc(Cl)cc2)nc(C(=O)OCc2ccccc2)c1Cl.O=CO[O-].[H-].[K+].[K+]. The van der Waals surface area contributed by atoms with Gasteiger partial charge in [0.25, 0.3) is 6.47 Å². The van der Waals surface area contributed by atoms with Gasteiger partial charge >= 0.3 is 115 Å². The Labute approximate surface area is 395 Å². The van der Waals surface area contributed by atoms with Crippen LogP contribution in [0, 0.1) is 11.6 Å². The molecule has 0 unspecified atom stereocenters. The largest absolute Gasteiger partial charge is 1.00 e. The zero-order valence-corrected chi connectivity index (χ0v) is 35.8. The number of carbonyl (C=O) groups excluding carboxylic acids is 2. The Balaban J connectivity index is 0.000000890. The van der Waals surface area contributed by atoms with Gasteiger partial charge in [0.1, 0.15) is 18.0 Å². The first-order valence-corrected chi connectivity index (χ1v) is 14.8. The van der Waals surface area contributed by atoms with Gasteiger partial charge in [-0.15, -0.1) is 0 Å². The van der Waals surface area contributed by atoms with Gasteiger partial charge in [-0.1, -0.05) is 101 Å². The number of esters is 1. The molecule has 51 heavy (non-hydrogen) atoms. The van der Waals surface area contributed by atoms with Crippen molar-refractivity contribution in [3.05, 3.63) is 128 Å². The number of nitrogen functional groups attached to an aromatic ring is 2. The number of aromatic nitrogens is 2. The number of nitrogens with zero attached hydrogens (tertiary/aromatic N) is 2. The predicted molar refractivity (Wildman–Crippen MR) is 179 cm³/mol. The van der Waals surface area contributed by atoms with Gasteiger partial charge in [-0.25, -0.2) is 28.3 Å². The molecule has 0 aliphatic rings. The Hall–Kier alpha value is -1.78. The number of carbonyl (C=O) groups is 3. The smallest absolute Gasteiger partial charge is 1.00 e. The topological polar surface area (TPSA) is 191 Å². The Morgan fingerprint density at radius 1 is 0.765 bits per heavy atom. The summed E-state index contributed by atoms with van der Waals surface area (Å²) in [5.74, 6) is -3.85. The molecule has 0 saturated carbocycles. The number of rotatable bonds is 7. The molecule has 11 nitrogen and oxygen atoms in total. The standard InChI is InChI=1S/C19H13Cl2FN2O2.C12H7Cl2FN2O2.CH2O3.2K.H/c20-13-8-6-12(7-9-13)17-15(22)16(23)14(21)18(24-17)19(25)26-10-11-4-2-1-3-5-11;13-6-3-1-5(2-4-6)10-8(15)9(16)7(14)11(17-10)12(18)19;2-1-4-3;;;/h1-9H,10H2,(H2,23,24);1-4H,(H2,16,17)(H,18,19);1,3H;;;/q;;;2*+1;-1/p-1. The normalized spacial score (nSPS) is 9.71. The number of halogens is 6. The number of hydrogen-bond donors (Lipinski definition) is 3. The van der Waals surface area contributed by atoms with Crippen LogP contribution >= 0.6 is 46.4 Å². The molecule has 0 bridgehead atoms. The van der Waals surface area contributed by atoms with Crippen LogP contribution < -0.4 is 119 Å². The monoisotopic (exact) mass is 830 g/mol. The zero-order chi connectivity index (χ0) is 36.2. The number of ether oxygens (including phenoxy) is 1. The molecule has 5 aromatic rings. The maximum atomic E-state index is 14.5. The van der Waals surface area contributed by atoms with E-state index in [2.05, 4.69) is 14.9 Å². The van der Waals surface area contributed by atoms with Crippen molar-refractivity contribution >= 4 is 76.2 Å². The van der Waals surface area contributed by atoms with Crippen molar-refractivity contribution in [2.45, 2.75) is 6.61 Å². The minimum atomic E-state index is -1.38. The first-order chi connectivity index (χ1) is 23.3. The molecule has 0 aliphatic carbocycles. The third-order valence-corrected chi connectivity index (χ3v) is 7.38. The summed E-state index contributed by atoms with van der Waals surface area (Å²) >= 11 is 23.2. The summed E-state index contributed by atoms with van der Waals surface area (Å²) in [6.45, 7) is -0.148. The number of benzene rings is 3. The summed E-state index contributed by atoms with van der Waals surface area (Å²) in [6.07, 6.45) is 0. The second-order valence-electron chi connectivity index (χ2n) is 9.27. The number of aromatic carboxylic acids is 1. The summed E-state index contributed by atoms with van der Waals surface area (Å²) in [7, 11) is 0. The van der Waals surface area contributed by atoms with Crippen LogP contribution in [-0.4, -0.2) is 33.5 Å². The van der Waals surface area contributed by atoms with Gasteiger partial charge in [0.15, 0.2) is 23.0 Å². The minimum absolute atomic E-state index is 0. The third kappa shape index (κ3) is 13.2. The fourth-order valence-corrected chi connectivity index (χ4v) is 4.45. The van der Waals surface area contributed by atoms with Crippen LogP contribution in [0.2, 0.25) is 20.1 Å². The van der Waals surface area contributed by atoms with E-state index in [9.17, 15) is 18.4 Å². The second kappa shape index (κ2) is 23.1. The van der Waals surface area contributed by atoms with E-state index in [1.165, 1.54) is 24.3 Å². The quantitative estimate of drug-likeness (QED) is 0.0702. The molecule has 0 amide bonds. The van der Waals surface area contributed by atoms with Crippen LogP contribution in [-0.2, 0) is 21.0 Å². The van der Waals surface area contributed by atoms with Crippen molar-refractivity contribution in [3.63, 3.8) is 0 Å². The van der Waals surface area contributed by atoms with E-state index in [4.69, 9.17) is 77.8 Å². The molecule has 2 aromatic heterocycles. The van der Waals surface area contributed by atoms with Crippen LogP contribution in [0.5, 0.6) is 0 Å². The number of hydrogen-bond acceptors (Lipinski definition) is 10. The average Bonchev–Trinajstić information content (AvgIpc) is 3.10. The second-order valence-corrected chi connectivity index (χ2v) is 10.9. The molecule has 256 valence electrons. The molecule has 5 rings (SSSR count). The summed E-state index contributed by atoms with van der Waals surface area (Å²) in [5.41, 5.74) is 10.9.